The maximum Gasteiger partial charge on any atom is 0.132 e. The van der Waals surface area contributed by atoms with Crippen molar-refractivity contribution in [3.8, 4) is 0 Å². The van der Waals surface area contributed by atoms with Gasteiger partial charge < -0.3 is 0 Å². The number of rotatable bonds is 12. The molecule has 0 N–H and O–H groups in total. The van der Waals surface area contributed by atoms with Gasteiger partial charge in [0.1, 0.15) is 5.78 Å². The van der Waals surface area contributed by atoms with E-state index < -0.39 is 0 Å². The predicted octanol–water partition coefficient (Wildman–Crippen LogP) is 5.44. The van der Waals surface area contributed by atoms with Crippen LogP contribution in [0.1, 0.15) is 84.5 Å². The molecule has 0 heterocycles. The summed E-state index contributed by atoms with van der Waals surface area (Å²) in [6.07, 6.45) is 17.5. The maximum atomic E-state index is 11.1. The molecule has 1 heteroatoms. The van der Waals surface area contributed by atoms with Crippen molar-refractivity contribution in [2.24, 2.45) is 0 Å². The summed E-state index contributed by atoms with van der Waals surface area (Å²) in [7, 11) is 0. The lowest BCUT2D eigenvalue weighted by Gasteiger charge is -1.99. The molecule has 0 aromatic carbocycles. The highest BCUT2D eigenvalue weighted by atomic mass is 16.1. The van der Waals surface area contributed by atoms with Crippen LogP contribution in [0.2, 0.25) is 0 Å². The lowest BCUT2D eigenvalue weighted by Crippen LogP contribution is -1.93. The van der Waals surface area contributed by atoms with Crippen molar-refractivity contribution in [3.63, 3.8) is 0 Å². The summed E-state index contributed by atoms with van der Waals surface area (Å²) in [5, 5.41) is 0. The Labute approximate surface area is 108 Å². The molecule has 17 heavy (non-hydrogen) atoms. The van der Waals surface area contributed by atoms with Gasteiger partial charge in [0.2, 0.25) is 0 Å². The fourth-order valence-corrected chi connectivity index (χ4v) is 1.85. The van der Waals surface area contributed by atoms with Crippen molar-refractivity contribution in [2.45, 2.75) is 84.5 Å². The Hall–Kier alpha value is -0.590. The number of carbonyl (C=O) groups excluding carboxylic acids is 1. The fourth-order valence-electron chi connectivity index (χ4n) is 1.85. The second-order valence-corrected chi connectivity index (χ2v) is 4.81. The average Bonchev–Trinajstić information content (AvgIpc) is 2.35. The van der Waals surface area contributed by atoms with E-state index >= 15 is 0 Å². The minimum absolute atomic E-state index is 0.420. The van der Waals surface area contributed by atoms with Crippen LogP contribution in [0, 0.1) is 0 Å². The Bertz CT molecular complexity index is 194. The third kappa shape index (κ3) is 13.3. The fraction of sp³-hybridized carbons (Fsp3) is 0.812. The number of carbonyl (C=O) groups is 1. The molecular formula is C16H30O. The number of hydrogen-bond acceptors (Lipinski definition) is 1. The highest BCUT2D eigenvalue weighted by molar-refractivity contribution is 5.77. The van der Waals surface area contributed by atoms with E-state index in [4.69, 9.17) is 0 Å². The van der Waals surface area contributed by atoms with E-state index in [2.05, 4.69) is 19.1 Å². The van der Waals surface area contributed by atoms with Gasteiger partial charge in [-0.05, 0) is 25.7 Å². The van der Waals surface area contributed by atoms with Gasteiger partial charge in [-0.1, -0.05) is 58.1 Å². The van der Waals surface area contributed by atoms with Gasteiger partial charge in [0.05, 0.1) is 0 Å². The van der Waals surface area contributed by atoms with E-state index in [0.717, 1.165) is 12.8 Å². The Morgan fingerprint density at radius 2 is 1.41 bits per heavy atom. The Morgan fingerprint density at radius 3 is 2.06 bits per heavy atom. The van der Waals surface area contributed by atoms with Crippen molar-refractivity contribution < 1.29 is 4.79 Å². The largest absolute Gasteiger partial charge is 0.300 e. The molecule has 1 nitrogen and oxygen atoms in total. The van der Waals surface area contributed by atoms with E-state index in [1.54, 1.807) is 0 Å². The van der Waals surface area contributed by atoms with Crippen LogP contribution in [-0.2, 0) is 4.79 Å². The van der Waals surface area contributed by atoms with Crippen LogP contribution in [0.15, 0.2) is 12.2 Å². The predicted molar refractivity (Wildman–Crippen MR) is 76.3 cm³/mol. The quantitative estimate of drug-likeness (QED) is 0.327. The Morgan fingerprint density at radius 1 is 0.824 bits per heavy atom. The zero-order chi connectivity index (χ0) is 12.8. The van der Waals surface area contributed by atoms with Crippen molar-refractivity contribution >= 4 is 5.78 Å². The standard InChI is InChI=1S/C16H30O/c1-3-5-6-7-8-9-10-11-12-13-14-15-16(17)4-2/h7-8H,3-6,9-15H2,1-2H3/b8-7-. The monoisotopic (exact) mass is 238 g/mol. The van der Waals surface area contributed by atoms with Gasteiger partial charge in [0.25, 0.3) is 0 Å². The number of Topliss-reactive ketones (excluding diaryl/α,β-unsaturated/α-hetero) is 1. The molecule has 0 aromatic heterocycles. The van der Waals surface area contributed by atoms with E-state index in [-0.39, 0.29) is 0 Å². The minimum atomic E-state index is 0.420. The van der Waals surface area contributed by atoms with Crippen molar-refractivity contribution in [3.05, 3.63) is 12.2 Å². The minimum Gasteiger partial charge on any atom is -0.300 e. The van der Waals surface area contributed by atoms with Crippen LogP contribution in [0.4, 0.5) is 0 Å². The second-order valence-electron chi connectivity index (χ2n) is 4.81. The number of unbranched alkanes of at least 4 members (excludes halogenated alkanes) is 7. The molecule has 0 atom stereocenters. The van der Waals surface area contributed by atoms with Crippen molar-refractivity contribution in [2.75, 3.05) is 0 Å². The summed E-state index contributed by atoms with van der Waals surface area (Å²) >= 11 is 0. The van der Waals surface area contributed by atoms with E-state index in [1.807, 2.05) is 6.92 Å². The van der Waals surface area contributed by atoms with Crippen LogP contribution in [0.25, 0.3) is 0 Å². The molecular weight excluding hydrogens is 208 g/mol. The third-order valence-electron chi connectivity index (χ3n) is 3.11. The van der Waals surface area contributed by atoms with Gasteiger partial charge >= 0.3 is 0 Å². The summed E-state index contributed by atoms with van der Waals surface area (Å²) in [6, 6.07) is 0. The molecule has 0 fully saturated rings. The molecule has 0 aliphatic carbocycles. The SMILES string of the molecule is CCCC/C=C\CCCCCCCC(=O)CC. The number of allylic oxidation sites excluding steroid dienone is 2. The van der Waals surface area contributed by atoms with Crippen LogP contribution in [-0.4, -0.2) is 5.78 Å². The lowest BCUT2D eigenvalue weighted by molar-refractivity contribution is -0.118. The molecule has 0 saturated heterocycles. The van der Waals surface area contributed by atoms with Crippen molar-refractivity contribution in [1.82, 2.24) is 0 Å². The van der Waals surface area contributed by atoms with Gasteiger partial charge in [-0.2, -0.15) is 0 Å². The second kappa shape index (κ2) is 13.5. The molecule has 100 valence electrons. The molecule has 0 bridgehead atoms. The molecule has 0 spiro atoms. The summed E-state index contributed by atoms with van der Waals surface area (Å²) in [5.41, 5.74) is 0. The summed E-state index contributed by atoms with van der Waals surface area (Å²) in [6.45, 7) is 4.18. The zero-order valence-electron chi connectivity index (χ0n) is 11.8. The normalized spacial score (nSPS) is 11.2. The van der Waals surface area contributed by atoms with Gasteiger partial charge in [-0.25, -0.2) is 0 Å². The molecule has 0 aromatic rings. The molecule has 0 rings (SSSR count). The molecule has 0 aliphatic heterocycles. The zero-order valence-corrected chi connectivity index (χ0v) is 11.8. The van der Waals surface area contributed by atoms with Crippen LogP contribution in [0.3, 0.4) is 0 Å². The first kappa shape index (κ1) is 16.4. The highest BCUT2D eigenvalue weighted by Gasteiger charge is 1.97. The average molecular weight is 238 g/mol. The van der Waals surface area contributed by atoms with Gasteiger partial charge in [0, 0.05) is 12.8 Å². The molecule has 0 unspecified atom stereocenters. The first-order valence-electron chi connectivity index (χ1n) is 7.48. The maximum absolute atomic E-state index is 11.1. The molecule has 0 amide bonds. The van der Waals surface area contributed by atoms with Crippen molar-refractivity contribution in [1.29, 1.82) is 0 Å². The molecule has 0 saturated carbocycles. The van der Waals surface area contributed by atoms with E-state index in [1.165, 1.54) is 51.4 Å². The van der Waals surface area contributed by atoms with Crippen LogP contribution in [0.5, 0.6) is 0 Å². The van der Waals surface area contributed by atoms with Gasteiger partial charge in [0.15, 0.2) is 0 Å². The summed E-state index contributed by atoms with van der Waals surface area (Å²) < 4.78 is 0. The summed E-state index contributed by atoms with van der Waals surface area (Å²) in [4.78, 5) is 11.1. The topological polar surface area (TPSA) is 17.1 Å². The highest BCUT2D eigenvalue weighted by Crippen LogP contribution is 2.08. The Kier molecular flexibility index (Phi) is 13.0. The van der Waals surface area contributed by atoms with E-state index in [0.29, 0.717) is 12.2 Å². The summed E-state index contributed by atoms with van der Waals surface area (Å²) in [5.74, 6) is 0.420. The Balaban J connectivity index is 3.08. The molecule has 0 radical (unpaired) electrons. The smallest absolute Gasteiger partial charge is 0.132 e. The van der Waals surface area contributed by atoms with Crippen LogP contribution >= 0.6 is 0 Å². The number of hydrogen-bond donors (Lipinski definition) is 0. The number of ketones is 1. The van der Waals surface area contributed by atoms with Gasteiger partial charge in [-0.3, -0.25) is 4.79 Å². The molecule has 0 aliphatic rings. The first-order valence-corrected chi connectivity index (χ1v) is 7.48. The lowest BCUT2D eigenvalue weighted by atomic mass is 10.1. The third-order valence-corrected chi connectivity index (χ3v) is 3.11. The van der Waals surface area contributed by atoms with E-state index in [9.17, 15) is 4.79 Å². The van der Waals surface area contributed by atoms with Crippen LogP contribution < -0.4 is 0 Å². The first-order chi connectivity index (χ1) is 8.31. The van der Waals surface area contributed by atoms with Gasteiger partial charge in [-0.15, -0.1) is 0 Å².